The number of rotatable bonds is 7. The molecule has 1 amide bonds. The number of hydrogen-bond donors (Lipinski definition) is 1. The lowest BCUT2D eigenvalue weighted by Crippen LogP contribution is -3.13. The van der Waals surface area contributed by atoms with Crippen molar-refractivity contribution < 1.29 is 31.2 Å². The lowest BCUT2D eigenvalue weighted by atomic mass is 10.0. The zero-order chi connectivity index (χ0) is 19.9. The van der Waals surface area contributed by atoms with Crippen LogP contribution in [0.25, 0.3) is 0 Å². The molecule has 3 rings (SSSR count). The summed E-state index contributed by atoms with van der Waals surface area (Å²) in [5.74, 6) is -0.539. The molecule has 158 valence electrons. The fourth-order valence-electron chi connectivity index (χ4n) is 3.92. The number of likely N-dealkylation sites (tertiary alicyclic amines) is 1. The number of benzene rings is 2. The molecule has 0 aliphatic carbocycles. The molecule has 0 spiro atoms. The summed E-state index contributed by atoms with van der Waals surface area (Å²) in [7, 11) is 1.51. The third kappa shape index (κ3) is 6.01. The first-order valence-corrected chi connectivity index (χ1v) is 10.1. The van der Waals surface area contributed by atoms with Gasteiger partial charge < -0.3 is 26.9 Å². The summed E-state index contributed by atoms with van der Waals surface area (Å²) in [6.45, 7) is 4.77. The van der Waals surface area contributed by atoms with Gasteiger partial charge in [-0.2, -0.15) is 0 Å². The van der Waals surface area contributed by atoms with E-state index < -0.39 is 6.10 Å². The van der Waals surface area contributed by atoms with Crippen LogP contribution >= 0.6 is 0 Å². The van der Waals surface area contributed by atoms with E-state index in [0.29, 0.717) is 5.69 Å². The highest BCUT2D eigenvalue weighted by Gasteiger charge is 2.34. The molecule has 1 aliphatic heterocycles. The quantitative estimate of drug-likeness (QED) is 0.654. The molecule has 1 heterocycles. The average Bonchev–Trinajstić information content (AvgIpc) is 2.74. The third-order valence-corrected chi connectivity index (χ3v) is 5.69. The molecule has 0 aromatic heterocycles. The Morgan fingerprint density at radius 2 is 1.76 bits per heavy atom. The van der Waals surface area contributed by atoms with Crippen LogP contribution in [-0.2, 0) is 16.0 Å². The second-order valence-corrected chi connectivity index (χ2v) is 7.50. The number of hydrogen-bond acceptors (Lipinski definition) is 2. The molecule has 1 aliphatic rings. The standard InChI is InChI=1S/C23H29FN2O2.ClH/c1-18(28-2)23(27)26(22-11-7-6-10-21(22)24)20-13-16-25(17-14-20)15-12-19-8-4-3-5-9-19;/h3-11,18,20H,12-17H2,1-2H3;1H. The van der Waals surface area contributed by atoms with Gasteiger partial charge in [-0.05, 0) is 24.6 Å². The van der Waals surface area contributed by atoms with E-state index in [0.717, 1.165) is 38.9 Å². The van der Waals surface area contributed by atoms with E-state index in [1.807, 2.05) is 6.07 Å². The molecule has 4 nitrogen and oxygen atoms in total. The van der Waals surface area contributed by atoms with E-state index >= 15 is 0 Å². The molecule has 1 saturated heterocycles. The number of methoxy groups -OCH3 is 1. The van der Waals surface area contributed by atoms with Gasteiger partial charge in [-0.25, -0.2) is 4.39 Å². The van der Waals surface area contributed by atoms with Crippen LogP contribution in [0.2, 0.25) is 0 Å². The summed E-state index contributed by atoms with van der Waals surface area (Å²) in [4.78, 5) is 16.1. The molecule has 2 aromatic carbocycles. The Bertz CT molecular complexity index is 766. The number of anilines is 1. The number of nitrogens with one attached hydrogen (secondary N) is 1. The van der Waals surface area contributed by atoms with Crippen molar-refractivity contribution in [2.75, 3.05) is 31.6 Å². The van der Waals surface area contributed by atoms with Crippen LogP contribution in [0.1, 0.15) is 25.3 Å². The minimum Gasteiger partial charge on any atom is -1.00 e. The fourth-order valence-corrected chi connectivity index (χ4v) is 3.92. The second-order valence-electron chi connectivity index (χ2n) is 7.50. The molecule has 0 radical (unpaired) electrons. The summed E-state index contributed by atoms with van der Waals surface area (Å²) in [6, 6.07) is 17.0. The van der Waals surface area contributed by atoms with E-state index in [1.54, 1.807) is 34.9 Å². The Kier molecular flexibility index (Phi) is 9.08. The molecule has 1 unspecified atom stereocenters. The maximum atomic E-state index is 14.5. The average molecular weight is 421 g/mol. The summed E-state index contributed by atoms with van der Waals surface area (Å²) >= 11 is 0. The molecule has 2 aromatic rings. The predicted molar refractivity (Wildman–Crippen MR) is 109 cm³/mol. The Balaban J connectivity index is 0.00000300. The van der Waals surface area contributed by atoms with Crippen LogP contribution < -0.4 is 22.2 Å². The van der Waals surface area contributed by atoms with E-state index in [9.17, 15) is 9.18 Å². The van der Waals surface area contributed by atoms with E-state index in [4.69, 9.17) is 4.74 Å². The zero-order valence-electron chi connectivity index (χ0n) is 17.1. The van der Waals surface area contributed by atoms with Gasteiger partial charge in [-0.1, -0.05) is 42.5 Å². The number of ether oxygens (including phenoxy) is 1. The van der Waals surface area contributed by atoms with Gasteiger partial charge in [0.15, 0.2) is 0 Å². The predicted octanol–water partition coefficient (Wildman–Crippen LogP) is -0.512. The fraction of sp³-hybridized carbons (Fsp3) is 0.435. The Hall–Kier alpha value is -1.95. The van der Waals surface area contributed by atoms with E-state index in [2.05, 4.69) is 24.3 Å². The summed E-state index contributed by atoms with van der Waals surface area (Å²) in [5.41, 5.74) is 1.71. The van der Waals surface area contributed by atoms with E-state index in [1.165, 1.54) is 18.7 Å². The van der Waals surface area contributed by atoms with Crippen LogP contribution in [0.5, 0.6) is 0 Å². The maximum Gasteiger partial charge on any atom is 0.256 e. The Morgan fingerprint density at radius 3 is 2.38 bits per heavy atom. The maximum absolute atomic E-state index is 14.5. The highest BCUT2D eigenvalue weighted by molar-refractivity contribution is 5.97. The lowest BCUT2D eigenvalue weighted by molar-refractivity contribution is -0.904. The summed E-state index contributed by atoms with van der Waals surface area (Å²) in [6.07, 6.45) is 2.18. The number of amides is 1. The van der Waals surface area contributed by atoms with Gasteiger partial charge in [0.2, 0.25) is 0 Å². The van der Waals surface area contributed by atoms with Gasteiger partial charge in [-0.3, -0.25) is 4.79 Å². The van der Waals surface area contributed by atoms with Crippen molar-refractivity contribution in [1.82, 2.24) is 0 Å². The van der Waals surface area contributed by atoms with Crippen molar-refractivity contribution in [2.45, 2.75) is 38.3 Å². The van der Waals surface area contributed by atoms with Gasteiger partial charge in [-0.15, -0.1) is 0 Å². The van der Waals surface area contributed by atoms with Crippen molar-refractivity contribution >= 4 is 11.6 Å². The number of para-hydroxylation sites is 1. The molecule has 1 N–H and O–H groups in total. The molecular formula is C23H30ClFN2O2. The SMILES string of the molecule is COC(C)C(=O)N(c1ccccc1F)C1CC[NH+](CCc2ccccc2)CC1.[Cl-]. The van der Waals surface area contributed by atoms with Gasteiger partial charge >= 0.3 is 0 Å². The topological polar surface area (TPSA) is 34.0 Å². The number of halogens is 2. The van der Waals surface area contributed by atoms with Gasteiger partial charge in [0.25, 0.3) is 5.91 Å². The molecule has 29 heavy (non-hydrogen) atoms. The molecule has 1 fully saturated rings. The Morgan fingerprint density at radius 1 is 1.14 bits per heavy atom. The number of piperidine rings is 1. The first kappa shape index (κ1) is 23.3. The monoisotopic (exact) mass is 420 g/mol. The second kappa shape index (κ2) is 11.3. The largest absolute Gasteiger partial charge is 1.00 e. The first-order chi connectivity index (χ1) is 13.6. The minimum atomic E-state index is -0.594. The molecule has 1 atom stereocenters. The summed E-state index contributed by atoms with van der Waals surface area (Å²) in [5, 5.41) is 0. The van der Waals surface area contributed by atoms with Crippen LogP contribution in [-0.4, -0.2) is 44.8 Å². The highest BCUT2D eigenvalue weighted by Crippen LogP contribution is 2.25. The van der Waals surface area contributed by atoms with Crippen LogP contribution in [0.4, 0.5) is 10.1 Å². The Labute approximate surface area is 179 Å². The van der Waals surface area contributed by atoms with Crippen molar-refractivity contribution in [3.05, 3.63) is 66.0 Å². The van der Waals surface area contributed by atoms with Gasteiger partial charge in [0.05, 0.1) is 25.3 Å². The zero-order valence-corrected chi connectivity index (χ0v) is 17.9. The van der Waals surface area contributed by atoms with Crippen molar-refractivity contribution in [3.63, 3.8) is 0 Å². The van der Waals surface area contributed by atoms with Crippen LogP contribution in [0.15, 0.2) is 54.6 Å². The first-order valence-electron chi connectivity index (χ1n) is 10.1. The summed E-state index contributed by atoms with van der Waals surface area (Å²) < 4.78 is 19.7. The number of carbonyl (C=O) groups is 1. The number of nitrogens with zero attached hydrogens (tertiary/aromatic N) is 1. The van der Waals surface area contributed by atoms with Crippen molar-refractivity contribution in [2.24, 2.45) is 0 Å². The molecule has 0 saturated carbocycles. The van der Waals surface area contributed by atoms with Crippen LogP contribution in [0.3, 0.4) is 0 Å². The third-order valence-electron chi connectivity index (χ3n) is 5.69. The minimum absolute atomic E-state index is 0. The van der Waals surface area contributed by atoms with Gasteiger partial charge in [0.1, 0.15) is 11.9 Å². The van der Waals surface area contributed by atoms with Crippen molar-refractivity contribution in [1.29, 1.82) is 0 Å². The lowest BCUT2D eigenvalue weighted by Gasteiger charge is -2.38. The normalized spacial score (nSPS) is 19.8. The van der Waals surface area contributed by atoms with Crippen molar-refractivity contribution in [3.8, 4) is 0 Å². The highest BCUT2D eigenvalue weighted by atomic mass is 35.5. The number of carbonyl (C=O) groups excluding carboxylic acids is 1. The van der Waals surface area contributed by atoms with Crippen LogP contribution in [0, 0.1) is 5.82 Å². The number of quaternary nitrogens is 1. The van der Waals surface area contributed by atoms with E-state index in [-0.39, 0.29) is 30.2 Å². The molecule has 0 bridgehead atoms. The molecule has 6 heteroatoms. The molecular weight excluding hydrogens is 391 g/mol. The van der Waals surface area contributed by atoms with Gasteiger partial charge in [0, 0.05) is 32.4 Å². The smallest absolute Gasteiger partial charge is 0.256 e.